The van der Waals surface area contributed by atoms with Gasteiger partial charge in [0, 0.05) is 12.8 Å². The minimum atomic E-state index is -4.40. The first-order valence-electron chi connectivity index (χ1n) is 33.6. The van der Waals surface area contributed by atoms with Crippen LogP contribution in [0.2, 0.25) is 0 Å². The van der Waals surface area contributed by atoms with E-state index in [9.17, 15) is 19.0 Å². The third-order valence-electron chi connectivity index (χ3n) is 13.9. The van der Waals surface area contributed by atoms with E-state index in [0.29, 0.717) is 17.4 Å². The van der Waals surface area contributed by atoms with Gasteiger partial charge in [-0.25, -0.2) is 4.57 Å². The highest BCUT2D eigenvalue weighted by molar-refractivity contribution is 7.47. The zero-order valence-electron chi connectivity index (χ0n) is 54.3. The van der Waals surface area contributed by atoms with E-state index in [1.807, 2.05) is 21.1 Å². The van der Waals surface area contributed by atoms with E-state index in [1.54, 1.807) is 0 Å². The minimum absolute atomic E-state index is 0.0234. The average molecular weight is 1190 g/mol. The number of esters is 2. The van der Waals surface area contributed by atoms with Gasteiger partial charge < -0.3 is 18.9 Å². The summed E-state index contributed by atoms with van der Waals surface area (Å²) in [7, 11) is 1.46. The van der Waals surface area contributed by atoms with E-state index < -0.39 is 26.5 Å². The highest BCUT2D eigenvalue weighted by Gasteiger charge is 2.27. The molecule has 0 amide bonds. The second-order valence-corrected chi connectivity index (χ2v) is 24.5. The lowest BCUT2D eigenvalue weighted by atomic mass is 10.0. The SMILES string of the molecule is CC/C=C\C/C=C\C/C=C\C/C=C\C/C=C\C/C=C\C/C=C\C/C=C\CCCCCCCCCCCCCCCCCCC(=O)OC(COC(=O)CCCCCCCC/C=C\C/C=C\C/C=C\C/C=C\CC)COP(=O)(O)OCC[N+](C)(C)C. The first-order chi connectivity index (χ1) is 41.0. The normalized spacial score (nSPS) is 14.1. The van der Waals surface area contributed by atoms with Gasteiger partial charge in [-0.15, -0.1) is 0 Å². The summed E-state index contributed by atoms with van der Waals surface area (Å²) in [6, 6.07) is 0. The van der Waals surface area contributed by atoms with Crippen LogP contribution in [0.4, 0.5) is 0 Å². The highest BCUT2D eigenvalue weighted by atomic mass is 31.2. The lowest BCUT2D eigenvalue weighted by Crippen LogP contribution is -2.37. The number of hydrogen-bond acceptors (Lipinski definition) is 7. The number of phosphoric acid groups is 1. The van der Waals surface area contributed by atoms with Crippen molar-refractivity contribution in [1.82, 2.24) is 0 Å². The quantitative estimate of drug-likeness (QED) is 0.0211. The molecule has 0 aromatic heterocycles. The van der Waals surface area contributed by atoms with Gasteiger partial charge in [0.15, 0.2) is 6.10 Å². The molecule has 2 atom stereocenters. The van der Waals surface area contributed by atoms with Crippen molar-refractivity contribution in [1.29, 1.82) is 0 Å². The molecule has 0 saturated carbocycles. The van der Waals surface area contributed by atoms with Crippen molar-refractivity contribution in [3.8, 4) is 0 Å². The van der Waals surface area contributed by atoms with Gasteiger partial charge in [0.1, 0.15) is 19.8 Å². The van der Waals surface area contributed by atoms with Gasteiger partial charge in [-0.05, 0) is 116 Å². The largest absolute Gasteiger partial charge is 0.472 e. The first kappa shape index (κ1) is 79.9. The predicted molar refractivity (Wildman–Crippen MR) is 362 cm³/mol. The number of hydrogen-bond donors (Lipinski definition) is 1. The first-order valence-corrected chi connectivity index (χ1v) is 35.1. The number of allylic oxidation sites excluding steroid dienone is 24. The van der Waals surface area contributed by atoms with Crippen molar-refractivity contribution in [3.05, 3.63) is 146 Å². The summed E-state index contributed by atoms with van der Waals surface area (Å²) >= 11 is 0. The van der Waals surface area contributed by atoms with Gasteiger partial charge in [0.25, 0.3) is 0 Å². The number of carbonyl (C=O) groups is 2. The van der Waals surface area contributed by atoms with E-state index in [2.05, 4.69) is 160 Å². The Morgan fingerprint density at radius 2 is 0.643 bits per heavy atom. The Labute approximate surface area is 516 Å². The molecule has 10 heteroatoms. The fourth-order valence-electron chi connectivity index (χ4n) is 8.79. The number of quaternary nitrogens is 1. The number of ether oxygens (including phenoxy) is 2. The molecule has 0 aliphatic heterocycles. The van der Waals surface area contributed by atoms with E-state index in [1.165, 1.54) is 83.5 Å². The number of rotatable bonds is 60. The molecule has 9 nitrogen and oxygen atoms in total. The van der Waals surface area contributed by atoms with Crippen molar-refractivity contribution in [2.45, 2.75) is 264 Å². The molecule has 2 unspecified atom stereocenters. The maximum atomic E-state index is 12.9. The number of unbranched alkanes of at least 4 members (excludes halogenated alkanes) is 22. The van der Waals surface area contributed by atoms with Crippen molar-refractivity contribution in [2.24, 2.45) is 0 Å². The van der Waals surface area contributed by atoms with Crippen molar-refractivity contribution >= 4 is 19.8 Å². The number of nitrogens with zero attached hydrogens (tertiary/aromatic N) is 1. The van der Waals surface area contributed by atoms with Crippen LogP contribution in [0.5, 0.6) is 0 Å². The molecule has 0 rings (SSSR count). The van der Waals surface area contributed by atoms with Crippen LogP contribution in [0.15, 0.2) is 146 Å². The van der Waals surface area contributed by atoms with Gasteiger partial charge >= 0.3 is 19.8 Å². The highest BCUT2D eigenvalue weighted by Crippen LogP contribution is 2.43. The minimum Gasteiger partial charge on any atom is -0.462 e. The molecule has 0 radical (unpaired) electrons. The standard InChI is InChI=1S/C74H124NO8P/c1-6-8-10-12-14-16-18-20-22-24-26-27-28-29-30-31-32-33-34-35-36-37-38-39-40-41-42-43-44-45-46-47-49-51-53-55-57-59-61-63-65-67-74(77)83-72(71-82-84(78,79)81-69-68-75(3,4)5)70-80-73(76)66-64-62-60-58-56-54-52-50-48-25-23-21-19-17-15-13-11-9-7-2/h8-11,14-17,20-23,26-27,29-30,32-33,35-36,38-39,48,50,72H,6-7,12-13,18-19,24-25,28,31,34,37,40-47,49,51-71H2,1-5H3/p+1/b10-8-,11-9-,16-14-,17-15-,22-20-,23-21-,27-26-,30-29-,33-32-,36-35-,39-38-,50-48-. The zero-order valence-corrected chi connectivity index (χ0v) is 55.2. The Bertz CT molecular complexity index is 1930. The van der Waals surface area contributed by atoms with Crippen LogP contribution >= 0.6 is 7.82 Å². The van der Waals surface area contributed by atoms with E-state index in [0.717, 1.165) is 141 Å². The Morgan fingerprint density at radius 1 is 0.369 bits per heavy atom. The molecular formula is C74H125NO8P+. The lowest BCUT2D eigenvalue weighted by molar-refractivity contribution is -0.870. The van der Waals surface area contributed by atoms with Crippen molar-refractivity contribution in [3.63, 3.8) is 0 Å². The molecule has 0 aliphatic rings. The average Bonchev–Trinajstić information content (AvgIpc) is 3.61. The van der Waals surface area contributed by atoms with Gasteiger partial charge in [-0.3, -0.25) is 18.6 Å². The van der Waals surface area contributed by atoms with Crippen LogP contribution in [0.3, 0.4) is 0 Å². The van der Waals surface area contributed by atoms with Crippen LogP contribution in [-0.4, -0.2) is 74.9 Å². The van der Waals surface area contributed by atoms with Crippen LogP contribution in [-0.2, 0) is 32.7 Å². The van der Waals surface area contributed by atoms with Gasteiger partial charge in [0.2, 0.25) is 0 Å². The van der Waals surface area contributed by atoms with E-state index in [-0.39, 0.29) is 32.0 Å². The maximum absolute atomic E-state index is 12.9. The molecular weight excluding hydrogens is 1060 g/mol. The van der Waals surface area contributed by atoms with E-state index in [4.69, 9.17) is 18.5 Å². The Balaban J connectivity index is 4.04. The zero-order chi connectivity index (χ0) is 61.2. The second-order valence-electron chi connectivity index (χ2n) is 23.1. The molecule has 0 heterocycles. The van der Waals surface area contributed by atoms with Crippen LogP contribution in [0.25, 0.3) is 0 Å². The van der Waals surface area contributed by atoms with Crippen LogP contribution in [0, 0.1) is 0 Å². The Hall–Kier alpha value is -4.11. The summed E-state index contributed by atoms with van der Waals surface area (Å²) in [6.07, 6.45) is 93.7. The van der Waals surface area contributed by atoms with Crippen LogP contribution < -0.4 is 0 Å². The Morgan fingerprint density at radius 3 is 0.952 bits per heavy atom. The fraction of sp³-hybridized carbons (Fsp3) is 0.649. The molecule has 0 spiro atoms. The third-order valence-corrected chi connectivity index (χ3v) is 14.8. The summed E-state index contributed by atoms with van der Waals surface area (Å²) < 4.78 is 34.6. The predicted octanol–water partition coefficient (Wildman–Crippen LogP) is 21.8. The van der Waals surface area contributed by atoms with Gasteiger partial charge in [-0.2, -0.15) is 0 Å². The molecule has 0 aliphatic carbocycles. The van der Waals surface area contributed by atoms with Gasteiger partial charge in [0.05, 0.1) is 27.7 Å². The van der Waals surface area contributed by atoms with E-state index >= 15 is 0 Å². The molecule has 0 aromatic carbocycles. The summed E-state index contributed by atoms with van der Waals surface area (Å²) in [5.74, 6) is -0.817. The Kier molecular flexibility index (Phi) is 60.3. The number of likely N-dealkylation sites (N-methyl/N-ethyl adjacent to an activating group) is 1. The maximum Gasteiger partial charge on any atom is 0.472 e. The van der Waals surface area contributed by atoms with Crippen molar-refractivity contribution in [2.75, 3.05) is 47.5 Å². The molecule has 478 valence electrons. The lowest BCUT2D eigenvalue weighted by Gasteiger charge is -2.24. The summed E-state index contributed by atoms with van der Waals surface area (Å²) in [6.45, 7) is 4.19. The fourth-order valence-corrected chi connectivity index (χ4v) is 9.53. The number of phosphoric ester groups is 1. The monoisotopic (exact) mass is 1190 g/mol. The van der Waals surface area contributed by atoms with Crippen molar-refractivity contribution < 1.29 is 42.1 Å². The van der Waals surface area contributed by atoms with Crippen LogP contribution in [0.1, 0.15) is 258 Å². The third kappa shape index (κ3) is 67.0. The number of carbonyl (C=O) groups excluding carboxylic acids is 2. The summed E-state index contributed by atoms with van der Waals surface area (Å²) in [5.41, 5.74) is 0. The second kappa shape index (κ2) is 63.4. The molecule has 1 N–H and O–H groups in total. The molecule has 0 bridgehead atoms. The molecule has 84 heavy (non-hydrogen) atoms. The molecule has 0 saturated heterocycles. The molecule has 0 fully saturated rings. The summed E-state index contributed by atoms with van der Waals surface area (Å²) in [4.78, 5) is 35.8. The summed E-state index contributed by atoms with van der Waals surface area (Å²) in [5, 5.41) is 0. The molecule has 0 aromatic rings. The topological polar surface area (TPSA) is 108 Å². The van der Waals surface area contributed by atoms with Gasteiger partial charge in [-0.1, -0.05) is 275 Å². The smallest absolute Gasteiger partial charge is 0.462 e.